The molecule has 9 nitrogen and oxygen atoms in total. The number of hydrogen-bond acceptors (Lipinski definition) is 7. The molecule has 0 radical (unpaired) electrons. The molecular weight excluding hydrogens is 492 g/mol. The van der Waals surface area contributed by atoms with E-state index in [1.54, 1.807) is 24.3 Å². The molecule has 4 atom stereocenters. The van der Waals surface area contributed by atoms with Crippen LogP contribution in [0.4, 0.5) is 0 Å². The molecule has 10 heteroatoms. The molecule has 1 aliphatic rings. The van der Waals surface area contributed by atoms with Crippen molar-refractivity contribution in [2.45, 2.75) is 62.0 Å². The highest BCUT2D eigenvalue weighted by atomic mass is 32.2. The molecule has 2 aromatic rings. The van der Waals surface area contributed by atoms with Crippen molar-refractivity contribution < 1.29 is 24.2 Å². The van der Waals surface area contributed by atoms with Gasteiger partial charge in [0.15, 0.2) is 6.61 Å². The van der Waals surface area contributed by atoms with Gasteiger partial charge in [-0.25, -0.2) is 0 Å². The molecule has 0 spiro atoms. The Morgan fingerprint density at radius 3 is 2.32 bits per heavy atom. The standard InChI is InChI=1S/C27H36N4O5S/c1-4-19(16-32)29-25(35)23-27(2,3)37-26(31-23)22(24(34)28-15-18-11-7-5-8-12-18)30-21(33)17-36-20-13-9-6-10-14-20/h5-14,19,22-23,26,31-32H,4,15-17H2,1-3H3,(H,28,34)(H,29,35)(H,30,33)/t19-,22-,23+,26-/m1/s1. The molecule has 37 heavy (non-hydrogen) atoms. The van der Waals surface area contributed by atoms with E-state index in [0.29, 0.717) is 18.7 Å². The van der Waals surface area contributed by atoms with Crippen molar-refractivity contribution in [3.63, 3.8) is 0 Å². The molecule has 5 N–H and O–H groups in total. The quantitative estimate of drug-likeness (QED) is 0.283. The molecule has 3 amide bonds. The summed E-state index contributed by atoms with van der Waals surface area (Å²) in [6.45, 7) is 5.58. The van der Waals surface area contributed by atoms with Crippen LogP contribution in [0.3, 0.4) is 0 Å². The number of amides is 3. The van der Waals surface area contributed by atoms with Crippen LogP contribution in [0.1, 0.15) is 32.8 Å². The number of aliphatic hydroxyl groups is 1. The average molecular weight is 529 g/mol. The zero-order valence-electron chi connectivity index (χ0n) is 21.4. The Balaban J connectivity index is 1.72. The highest BCUT2D eigenvalue weighted by Gasteiger charge is 2.49. The molecule has 2 aromatic carbocycles. The summed E-state index contributed by atoms with van der Waals surface area (Å²) in [7, 11) is 0. The Kier molecular flexibility index (Phi) is 10.4. The van der Waals surface area contributed by atoms with Crippen molar-refractivity contribution in [1.29, 1.82) is 0 Å². The highest BCUT2D eigenvalue weighted by Crippen LogP contribution is 2.39. The summed E-state index contributed by atoms with van der Waals surface area (Å²) in [6.07, 6.45) is 0.591. The lowest BCUT2D eigenvalue weighted by Gasteiger charge is -2.26. The highest BCUT2D eigenvalue weighted by molar-refractivity contribution is 8.01. The van der Waals surface area contributed by atoms with Gasteiger partial charge in [0.1, 0.15) is 17.8 Å². The van der Waals surface area contributed by atoms with Crippen LogP contribution in [0.15, 0.2) is 60.7 Å². The number of para-hydroxylation sites is 1. The van der Waals surface area contributed by atoms with Crippen LogP contribution in [-0.4, -0.2) is 64.3 Å². The van der Waals surface area contributed by atoms with E-state index in [4.69, 9.17) is 4.74 Å². The molecule has 0 aromatic heterocycles. The lowest BCUT2D eigenvalue weighted by atomic mass is 10.0. The normalized spacial score (nSPS) is 19.9. The summed E-state index contributed by atoms with van der Waals surface area (Å²) >= 11 is 1.41. The van der Waals surface area contributed by atoms with Crippen LogP contribution >= 0.6 is 11.8 Å². The van der Waals surface area contributed by atoms with E-state index >= 15 is 0 Å². The first-order valence-corrected chi connectivity index (χ1v) is 13.3. The number of rotatable bonds is 12. The maximum absolute atomic E-state index is 13.3. The van der Waals surface area contributed by atoms with Crippen molar-refractivity contribution in [1.82, 2.24) is 21.3 Å². The number of nitrogens with one attached hydrogen (secondary N) is 4. The number of hydrogen-bond donors (Lipinski definition) is 5. The van der Waals surface area contributed by atoms with Gasteiger partial charge in [0.25, 0.3) is 5.91 Å². The van der Waals surface area contributed by atoms with Crippen LogP contribution in [0.5, 0.6) is 5.75 Å². The van der Waals surface area contributed by atoms with Crippen LogP contribution in [0, 0.1) is 0 Å². The second kappa shape index (κ2) is 13.5. The average Bonchev–Trinajstić information content (AvgIpc) is 3.23. The first kappa shape index (κ1) is 28.5. The van der Waals surface area contributed by atoms with Gasteiger partial charge in [-0.05, 0) is 38.0 Å². The zero-order chi connectivity index (χ0) is 26.8. The van der Waals surface area contributed by atoms with Crippen LogP contribution in [0.25, 0.3) is 0 Å². The minimum atomic E-state index is -0.961. The molecule has 0 bridgehead atoms. The molecular formula is C27H36N4O5S. The fraction of sp³-hybridized carbons (Fsp3) is 0.444. The first-order chi connectivity index (χ1) is 17.7. The Labute approximate surface area is 222 Å². The van der Waals surface area contributed by atoms with E-state index in [9.17, 15) is 19.5 Å². The second-order valence-corrected chi connectivity index (χ2v) is 11.2. The lowest BCUT2D eigenvalue weighted by molar-refractivity contribution is -0.130. The molecule has 3 rings (SSSR count). The number of carbonyl (C=O) groups is 3. The monoisotopic (exact) mass is 528 g/mol. The van der Waals surface area contributed by atoms with Crippen LogP contribution in [-0.2, 0) is 20.9 Å². The van der Waals surface area contributed by atoms with Crippen LogP contribution < -0.4 is 26.0 Å². The molecule has 1 aliphatic heterocycles. The summed E-state index contributed by atoms with van der Waals surface area (Å²) in [5.74, 6) is -0.546. The SMILES string of the molecule is CC[C@H](CO)NC(=O)[C@@H]1N[C@@H]([C@H](NC(=O)COc2ccccc2)C(=O)NCc2ccccc2)SC1(C)C. The van der Waals surface area contributed by atoms with E-state index in [-0.39, 0.29) is 31.1 Å². The summed E-state index contributed by atoms with van der Waals surface area (Å²) < 4.78 is 4.97. The smallest absolute Gasteiger partial charge is 0.258 e. The predicted octanol–water partition coefficient (Wildman–Crippen LogP) is 1.56. The third-order valence-electron chi connectivity index (χ3n) is 6.10. The van der Waals surface area contributed by atoms with Crippen molar-refractivity contribution in [2.75, 3.05) is 13.2 Å². The Hall–Kier alpha value is -3.08. The molecule has 0 aliphatic carbocycles. The molecule has 1 heterocycles. The molecule has 200 valence electrons. The molecule has 0 unspecified atom stereocenters. The predicted molar refractivity (Wildman–Crippen MR) is 144 cm³/mol. The Morgan fingerprint density at radius 2 is 1.70 bits per heavy atom. The van der Waals surface area contributed by atoms with Crippen molar-refractivity contribution in [2.24, 2.45) is 0 Å². The van der Waals surface area contributed by atoms with Crippen molar-refractivity contribution in [3.05, 3.63) is 66.2 Å². The molecule has 1 fully saturated rings. The fourth-order valence-corrected chi connectivity index (χ4v) is 5.46. The molecule has 1 saturated heterocycles. The maximum atomic E-state index is 13.3. The van der Waals surface area contributed by atoms with E-state index in [1.807, 2.05) is 57.2 Å². The van der Waals surface area contributed by atoms with Gasteiger partial charge in [-0.15, -0.1) is 11.8 Å². The van der Waals surface area contributed by atoms with Gasteiger partial charge in [-0.3, -0.25) is 19.7 Å². The minimum absolute atomic E-state index is 0.159. The van der Waals surface area contributed by atoms with Gasteiger partial charge in [-0.1, -0.05) is 55.5 Å². The number of aliphatic hydroxyl groups excluding tert-OH is 1. The number of carbonyl (C=O) groups excluding carboxylic acids is 3. The van der Waals surface area contributed by atoms with E-state index < -0.39 is 28.1 Å². The third-order valence-corrected chi connectivity index (χ3v) is 7.61. The lowest BCUT2D eigenvalue weighted by Crippen LogP contribution is -2.59. The van der Waals surface area contributed by atoms with E-state index in [0.717, 1.165) is 5.56 Å². The summed E-state index contributed by atoms with van der Waals surface area (Å²) in [6, 6.07) is 16.5. The van der Waals surface area contributed by atoms with Gasteiger partial charge >= 0.3 is 0 Å². The summed E-state index contributed by atoms with van der Waals surface area (Å²) in [4.78, 5) is 39.1. The van der Waals surface area contributed by atoms with Gasteiger partial charge in [-0.2, -0.15) is 0 Å². The summed E-state index contributed by atoms with van der Waals surface area (Å²) in [5.41, 5.74) is 0.924. The van der Waals surface area contributed by atoms with Gasteiger partial charge in [0, 0.05) is 11.3 Å². The number of thioether (sulfide) groups is 1. The van der Waals surface area contributed by atoms with Crippen LogP contribution in [0.2, 0.25) is 0 Å². The zero-order valence-corrected chi connectivity index (χ0v) is 22.2. The third kappa shape index (κ3) is 8.21. The van der Waals surface area contributed by atoms with Crippen molar-refractivity contribution in [3.8, 4) is 5.75 Å². The minimum Gasteiger partial charge on any atom is -0.484 e. The first-order valence-electron chi connectivity index (χ1n) is 12.4. The van der Waals surface area contributed by atoms with Gasteiger partial charge < -0.3 is 25.8 Å². The number of ether oxygens (including phenoxy) is 1. The topological polar surface area (TPSA) is 129 Å². The molecule has 0 saturated carbocycles. The Bertz CT molecular complexity index is 1030. The largest absolute Gasteiger partial charge is 0.484 e. The second-order valence-electron chi connectivity index (χ2n) is 9.39. The van der Waals surface area contributed by atoms with E-state index in [1.165, 1.54) is 11.8 Å². The maximum Gasteiger partial charge on any atom is 0.258 e. The van der Waals surface area contributed by atoms with E-state index in [2.05, 4.69) is 21.3 Å². The summed E-state index contributed by atoms with van der Waals surface area (Å²) in [5, 5.41) is 20.7. The Morgan fingerprint density at radius 1 is 1.05 bits per heavy atom. The van der Waals surface area contributed by atoms with Gasteiger partial charge in [0.2, 0.25) is 11.8 Å². The van der Waals surface area contributed by atoms with Gasteiger partial charge in [0.05, 0.1) is 18.0 Å². The fourth-order valence-electron chi connectivity index (χ4n) is 3.97. The van der Waals surface area contributed by atoms with Crippen molar-refractivity contribution >= 4 is 29.5 Å². The number of benzene rings is 2.